The van der Waals surface area contributed by atoms with Crippen LogP contribution in [0.15, 0.2) is 48.5 Å². The fourth-order valence-corrected chi connectivity index (χ4v) is 4.30. The van der Waals surface area contributed by atoms with Crippen LogP contribution in [0.5, 0.6) is 17.2 Å². The minimum absolute atomic E-state index is 0.0424. The first kappa shape index (κ1) is 24.4. The molecule has 1 saturated heterocycles. The van der Waals surface area contributed by atoms with Gasteiger partial charge in [-0.15, -0.1) is 5.73 Å². The Hall–Kier alpha value is -3.28. The molecule has 0 spiro atoms. The van der Waals surface area contributed by atoms with Crippen LogP contribution in [0.1, 0.15) is 54.7 Å². The van der Waals surface area contributed by atoms with E-state index in [4.69, 9.17) is 14.2 Å². The number of phenols is 1. The second kappa shape index (κ2) is 10.6. The van der Waals surface area contributed by atoms with E-state index in [1.54, 1.807) is 31.5 Å². The lowest BCUT2D eigenvalue weighted by molar-refractivity contribution is -0.0587. The molecule has 7 nitrogen and oxygen atoms in total. The highest BCUT2D eigenvalue weighted by atomic mass is 16.5. The Morgan fingerprint density at radius 2 is 1.97 bits per heavy atom. The maximum Gasteiger partial charge on any atom is 0.161 e. The van der Waals surface area contributed by atoms with E-state index < -0.39 is 0 Å². The van der Waals surface area contributed by atoms with Crippen molar-refractivity contribution in [2.75, 3.05) is 27.3 Å². The molecular formula is C26H32N2O5. The number of pyridine rings is 1. The second-order valence-electron chi connectivity index (χ2n) is 8.33. The maximum atomic E-state index is 11.8. The normalized spacial score (nSPS) is 18.9. The monoisotopic (exact) mass is 452 g/mol. The number of hydrogen-bond donors (Lipinski definition) is 1. The van der Waals surface area contributed by atoms with E-state index in [1.165, 1.54) is 14.0 Å². The van der Waals surface area contributed by atoms with Gasteiger partial charge in [0.1, 0.15) is 17.2 Å². The summed E-state index contributed by atoms with van der Waals surface area (Å²) in [7, 11) is 3.09. The van der Waals surface area contributed by atoms with E-state index in [0.29, 0.717) is 34.7 Å². The average molecular weight is 453 g/mol. The molecule has 2 heterocycles. The van der Waals surface area contributed by atoms with Crippen LogP contribution in [-0.4, -0.2) is 60.3 Å². The van der Waals surface area contributed by atoms with E-state index in [9.17, 15) is 9.90 Å². The number of ether oxygens (including phenoxy) is 3. The van der Waals surface area contributed by atoms with Gasteiger partial charge < -0.3 is 24.2 Å². The van der Waals surface area contributed by atoms with Gasteiger partial charge in [0.2, 0.25) is 0 Å². The number of Topliss-reactive ketones (excluding diaryl/α,β-unsaturated/α-hetero) is 1. The van der Waals surface area contributed by atoms with Crippen LogP contribution in [0.4, 0.5) is 0 Å². The molecule has 3 atom stereocenters. The molecule has 1 aromatic carbocycles. The molecule has 176 valence electrons. The van der Waals surface area contributed by atoms with Gasteiger partial charge in [-0.25, -0.2) is 0 Å². The van der Waals surface area contributed by atoms with Crippen LogP contribution < -0.4 is 9.47 Å². The summed E-state index contributed by atoms with van der Waals surface area (Å²) < 4.78 is 16.8. The highest BCUT2D eigenvalue weighted by molar-refractivity contribution is 5.93. The molecule has 3 rings (SSSR count). The lowest BCUT2D eigenvalue weighted by atomic mass is 9.88. The summed E-state index contributed by atoms with van der Waals surface area (Å²) in [4.78, 5) is 18.6. The van der Waals surface area contributed by atoms with Crippen LogP contribution >= 0.6 is 0 Å². The third-order valence-electron chi connectivity index (χ3n) is 5.85. The van der Waals surface area contributed by atoms with Gasteiger partial charge in [0.25, 0.3) is 0 Å². The number of aromatic nitrogens is 1. The fraction of sp³-hybridized carbons (Fsp3) is 0.423. The highest BCUT2D eigenvalue weighted by Gasteiger charge is 2.30. The SMILES string of the molecule is C=C=C(CC(c1ccc(C(C)=O)cn1)c1c(O)cc(OC)cc1OC)N1CC(C)OC(C)C1. The van der Waals surface area contributed by atoms with Crippen molar-refractivity contribution in [2.24, 2.45) is 0 Å². The van der Waals surface area contributed by atoms with E-state index >= 15 is 0 Å². The number of hydrogen-bond acceptors (Lipinski definition) is 7. The summed E-state index contributed by atoms with van der Waals surface area (Å²) in [5, 5.41) is 11.0. The number of rotatable bonds is 8. The molecule has 0 amide bonds. The number of benzene rings is 1. The van der Waals surface area contributed by atoms with Gasteiger partial charge in [0, 0.05) is 60.6 Å². The lowest BCUT2D eigenvalue weighted by Crippen LogP contribution is -2.44. The van der Waals surface area contributed by atoms with Gasteiger partial charge in [-0.05, 0) is 32.9 Å². The molecule has 7 heteroatoms. The molecule has 1 aromatic heterocycles. The van der Waals surface area contributed by atoms with Gasteiger partial charge in [-0.2, -0.15) is 0 Å². The quantitative estimate of drug-likeness (QED) is 0.472. The van der Waals surface area contributed by atoms with Crippen LogP contribution in [-0.2, 0) is 4.74 Å². The third-order valence-corrected chi connectivity index (χ3v) is 5.85. The zero-order valence-electron chi connectivity index (χ0n) is 19.9. The Bertz CT molecular complexity index is 1030. The first-order valence-electron chi connectivity index (χ1n) is 11.0. The van der Waals surface area contributed by atoms with Gasteiger partial charge in [-0.1, -0.05) is 6.58 Å². The first-order chi connectivity index (χ1) is 15.8. The number of ketones is 1. The summed E-state index contributed by atoms with van der Waals surface area (Å²) in [5.41, 5.74) is 5.81. The zero-order chi connectivity index (χ0) is 24.1. The number of nitrogens with zero attached hydrogens (tertiary/aromatic N) is 2. The number of allylic oxidation sites excluding steroid dienone is 1. The number of morpholine rings is 1. The van der Waals surface area contributed by atoms with Crippen molar-refractivity contribution in [3.63, 3.8) is 0 Å². The summed E-state index contributed by atoms with van der Waals surface area (Å²) in [6.45, 7) is 11.0. The molecule has 1 N–H and O–H groups in total. The van der Waals surface area contributed by atoms with Crippen LogP contribution in [0.2, 0.25) is 0 Å². The lowest BCUT2D eigenvalue weighted by Gasteiger charge is -2.38. The van der Waals surface area contributed by atoms with Crippen molar-refractivity contribution >= 4 is 5.78 Å². The largest absolute Gasteiger partial charge is 0.507 e. The molecule has 0 saturated carbocycles. The van der Waals surface area contributed by atoms with Gasteiger partial charge in [0.15, 0.2) is 5.78 Å². The standard InChI is InChI=1S/C26H32N2O5/c1-7-20(28-14-16(2)33-17(3)15-28)10-22(23-9-8-19(13-27-23)18(4)29)26-24(30)11-21(31-5)12-25(26)32-6/h8-9,11-13,16-17,22,30H,1,10,14-15H2,2-6H3. The Balaban J connectivity index is 2.08. The predicted octanol–water partition coefficient (Wildman–Crippen LogP) is 4.31. The Morgan fingerprint density at radius 3 is 2.48 bits per heavy atom. The van der Waals surface area contributed by atoms with Crippen molar-refractivity contribution in [2.45, 2.75) is 45.3 Å². The van der Waals surface area contributed by atoms with E-state index in [2.05, 4.69) is 22.2 Å². The van der Waals surface area contributed by atoms with Crippen molar-refractivity contribution in [3.8, 4) is 17.2 Å². The first-order valence-corrected chi connectivity index (χ1v) is 11.0. The Kier molecular flexibility index (Phi) is 7.79. The van der Waals surface area contributed by atoms with Crippen LogP contribution in [0.25, 0.3) is 0 Å². The third kappa shape index (κ3) is 5.56. The molecule has 2 aromatic rings. The smallest absolute Gasteiger partial charge is 0.161 e. The highest BCUT2D eigenvalue weighted by Crippen LogP contribution is 2.44. The van der Waals surface area contributed by atoms with Crippen molar-refractivity contribution in [1.29, 1.82) is 0 Å². The summed E-state index contributed by atoms with van der Waals surface area (Å²) in [6, 6.07) is 6.86. The number of carbonyl (C=O) groups is 1. The van der Waals surface area contributed by atoms with Crippen LogP contribution in [0.3, 0.4) is 0 Å². The van der Waals surface area contributed by atoms with Crippen molar-refractivity contribution in [1.82, 2.24) is 9.88 Å². The van der Waals surface area contributed by atoms with E-state index in [0.717, 1.165) is 18.8 Å². The Labute approximate surface area is 195 Å². The molecule has 0 aliphatic carbocycles. The predicted molar refractivity (Wildman–Crippen MR) is 126 cm³/mol. The summed E-state index contributed by atoms with van der Waals surface area (Å²) in [5.74, 6) is 0.590. The minimum atomic E-state index is -0.371. The van der Waals surface area contributed by atoms with Crippen LogP contribution in [0, 0.1) is 0 Å². The summed E-state index contributed by atoms with van der Waals surface area (Å²) in [6.07, 6.45) is 2.19. The minimum Gasteiger partial charge on any atom is -0.507 e. The molecular weight excluding hydrogens is 420 g/mol. The van der Waals surface area contributed by atoms with E-state index in [-0.39, 0.29) is 29.7 Å². The van der Waals surface area contributed by atoms with Crippen molar-refractivity contribution in [3.05, 3.63) is 65.3 Å². The molecule has 1 aliphatic heterocycles. The molecule has 0 radical (unpaired) electrons. The molecule has 33 heavy (non-hydrogen) atoms. The van der Waals surface area contributed by atoms with Gasteiger partial charge in [-0.3, -0.25) is 9.78 Å². The van der Waals surface area contributed by atoms with Gasteiger partial charge >= 0.3 is 0 Å². The molecule has 1 fully saturated rings. The zero-order valence-corrected chi connectivity index (χ0v) is 19.9. The van der Waals surface area contributed by atoms with Crippen molar-refractivity contribution < 1.29 is 24.1 Å². The molecule has 3 unspecified atom stereocenters. The molecule has 0 bridgehead atoms. The topological polar surface area (TPSA) is 81.1 Å². The number of methoxy groups -OCH3 is 2. The fourth-order valence-electron chi connectivity index (χ4n) is 4.30. The van der Waals surface area contributed by atoms with E-state index in [1.807, 2.05) is 19.9 Å². The molecule has 1 aliphatic rings. The number of aromatic hydroxyl groups is 1. The number of carbonyl (C=O) groups excluding carboxylic acids is 1. The second-order valence-corrected chi connectivity index (χ2v) is 8.33. The number of phenolic OH excluding ortho intramolecular Hbond substituents is 1. The Morgan fingerprint density at radius 1 is 1.27 bits per heavy atom. The summed E-state index contributed by atoms with van der Waals surface area (Å²) >= 11 is 0. The average Bonchev–Trinajstić information content (AvgIpc) is 2.79. The maximum absolute atomic E-state index is 11.8. The van der Waals surface area contributed by atoms with Gasteiger partial charge in [0.05, 0.1) is 32.1 Å².